The Morgan fingerprint density at radius 2 is 1.70 bits per heavy atom. The Bertz CT molecular complexity index is 510. The summed E-state index contributed by atoms with van der Waals surface area (Å²) in [5.41, 5.74) is 5.66. The molecule has 1 saturated heterocycles. The van der Waals surface area contributed by atoms with E-state index in [1.165, 1.54) is 9.75 Å². The molecule has 0 unspecified atom stereocenters. The van der Waals surface area contributed by atoms with Crippen LogP contribution in [-0.4, -0.2) is 41.0 Å². The Balaban J connectivity index is 1.47. The maximum absolute atomic E-state index is 5.97. The van der Waals surface area contributed by atoms with E-state index < -0.39 is 0 Å². The van der Waals surface area contributed by atoms with Gasteiger partial charge in [0.25, 0.3) is 0 Å². The van der Waals surface area contributed by atoms with Crippen LogP contribution in [0.1, 0.15) is 9.75 Å². The van der Waals surface area contributed by atoms with Gasteiger partial charge in [-0.1, -0.05) is 11.6 Å². The van der Waals surface area contributed by atoms with Gasteiger partial charge in [0.2, 0.25) is 0 Å². The molecule has 0 saturated carbocycles. The van der Waals surface area contributed by atoms with Crippen molar-refractivity contribution in [3.8, 4) is 0 Å². The summed E-state index contributed by atoms with van der Waals surface area (Å²) in [7, 11) is 0. The molecule has 0 atom stereocenters. The van der Waals surface area contributed by atoms with Crippen molar-refractivity contribution in [2.45, 2.75) is 13.1 Å². The van der Waals surface area contributed by atoms with Crippen molar-refractivity contribution in [3.63, 3.8) is 0 Å². The highest BCUT2D eigenvalue weighted by Crippen LogP contribution is 2.23. The quantitative estimate of drug-likeness (QED) is 0.937. The highest BCUT2D eigenvalue weighted by atomic mass is 35.5. The van der Waals surface area contributed by atoms with Crippen LogP contribution in [0.15, 0.2) is 18.3 Å². The van der Waals surface area contributed by atoms with Crippen molar-refractivity contribution >= 4 is 39.4 Å². The third-order valence-electron chi connectivity index (χ3n) is 3.42. The van der Waals surface area contributed by atoms with Crippen molar-refractivity contribution < 1.29 is 0 Å². The van der Waals surface area contributed by atoms with E-state index in [4.69, 9.17) is 17.3 Å². The highest BCUT2D eigenvalue weighted by Gasteiger charge is 2.18. The van der Waals surface area contributed by atoms with E-state index in [0.717, 1.165) is 43.6 Å². The van der Waals surface area contributed by atoms with Gasteiger partial charge in [0.05, 0.1) is 4.34 Å². The molecule has 7 heteroatoms. The summed E-state index contributed by atoms with van der Waals surface area (Å²) in [6.45, 7) is 6.37. The van der Waals surface area contributed by atoms with Gasteiger partial charge < -0.3 is 5.73 Å². The average Bonchev–Trinajstić information content (AvgIpc) is 3.01. The van der Waals surface area contributed by atoms with Crippen LogP contribution in [0.4, 0.5) is 5.13 Å². The summed E-state index contributed by atoms with van der Waals surface area (Å²) >= 11 is 9.23. The Morgan fingerprint density at radius 1 is 1.05 bits per heavy atom. The molecule has 0 bridgehead atoms. The molecule has 1 aliphatic rings. The molecule has 1 fully saturated rings. The number of thiophene rings is 1. The zero-order valence-electron chi connectivity index (χ0n) is 11.1. The Labute approximate surface area is 131 Å². The maximum atomic E-state index is 5.97. The minimum Gasteiger partial charge on any atom is -0.375 e. The fraction of sp³-hybridized carbons (Fsp3) is 0.462. The van der Waals surface area contributed by atoms with E-state index in [9.17, 15) is 0 Å². The van der Waals surface area contributed by atoms with Crippen LogP contribution in [0.25, 0.3) is 0 Å². The fourth-order valence-corrected chi connectivity index (χ4v) is 4.24. The minimum absolute atomic E-state index is 0.660. The van der Waals surface area contributed by atoms with Gasteiger partial charge in [0.1, 0.15) is 0 Å². The monoisotopic (exact) mass is 328 g/mol. The van der Waals surface area contributed by atoms with Crippen molar-refractivity contribution in [1.29, 1.82) is 0 Å². The second-order valence-corrected chi connectivity index (χ2v) is 7.87. The summed E-state index contributed by atoms with van der Waals surface area (Å²) in [5.74, 6) is 0. The number of piperazine rings is 1. The van der Waals surface area contributed by atoms with Crippen LogP contribution < -0.4 is 5.73 Å². The molecule has 2 aromatic rings. The van der Waals surface area contributed by atoms with Crippen LogP contribution in [0.2, 0.25) is 4.34 Å². The molecule has 4 nitrogen and oxygen atoms in total. The van der Waals surface area contributed by atoms with Crippen LogP contribution in [0.3, 0.4) is 0 Å². The molecular formula is C13H17ClN4S2. The van der Waals surface area contributed by atoms with Crippen molar-refractivity contribution in [1.82, 2.24) is 14.8 Å². The summed E-state index contributed by atoms with van der Waals surface area (Å²) in [6, 6.07) is 4.10. The first-order chi connectivity index (χ1) is 9.69. The number of nitrogens with zero attached hydrogens (tertiary/aromatic N) is 3. The number of halogens is 1. The molecule has 2 N–H and O–H groups in total. The Morgan fingerprint density at radius 3 is 2.20 bits per heavy atom. The molecule has 1 aliphatic heterocycles. The third-order valence-corrected chi connectivity index (χ3v) is 5.45. The lowest BCUT2D eigenvalue weighted by Gasteiger charge is -2.34. The second-order valence-electron chi connectivity index (χ2n) is 4.92. The van der Waals surface area contributed by atoms with Crippen molar-refractivity contribution in [3.05, 3.63) is 32.4 Å². The summed E-state index contributed by atoms with van der Waals surface area (Å²) in [4.78, 5) is 11.6. The number of hydrogen-bond acceptors (Lipinski definition) is 6. The van der Waals surface area contributed by atoms with E-state index >= 15 is 0 Å². The SMILES string of the molecule is Nc1ncc(CN2CCN(Cc3ccc(Cl)s3)CC2)s1. The van der Waals surface area contributed by atoms with Crippen LogP contribution in [-0.2, 0) is 13.1 Å². The smallest absolute Gasteiger partial charge is 0.180 e. The van der Waals surface area contributed by atoms with Crippen LogP contribution >= 0.6 is 34.3 Å². The van der Waals surface area contributed by atoms with Gasteiger partial charge in [0, 0.05) is 55.2 Å². The lowest BCUT2D eigenvalue weighted by Crippen LogP contribution is -2.45. The first kappa shape index (κ1) is 14.3. The van der Waals surface area contributed by atoms with E-state index in [1.807, 2.05) is 12.3 Å². The van der Waals surface area contributed by atoms with Gasteiger partial charge in [-0.15, -0.1) is 22.7 Å². The van der Waals surface area contributed by atoms with Gasteiger partial charge in [0.15, 0.2) is 5.13 Å². The Kier molecular flexibility index (Phi) is 4.58. The second kappa shape index (κ2) is 6.41. The number of hydrogen-bond donors (Lipinski definition) is 1. The molecule has 3 rings (SSSR count). The van der Waals surface area contributed by atoms with Crippen LogP contribution in [0.5, 0.6) is 0 Å². The van der Waals surface area contributed by atoms with Gasteiger partial charge in [-0.25, -0.2) is 4.98 Å². The van der Waals surface area contributed by atoms with Gasteiger partial charge >= 0.3 is 0 Å². The summed E-state index contributed by atoms with van der Waals surface area (Å²) in [5, 5.41) is 0.660. The normalized spacial score (nSPS) is 17.6. The molecule has 3 heterocycles. The van der Waals surface area contributed by atoms with Gasteiger partial charge in [-0.2, -0.15) is 0 Å². The molecule has 0 aliphatic carbocycles. The summed E-state index contributed by atoms with van der Waals surface area (Å²) in [6.07, 6.45) is 1.89. The van der Waals surface area contributed by atoms with Crippen LogP contribution in [0, 0.1) is 0 Å². The topological polar surface area (TPSA) is 45.4 Å². The number of aromatic nitrogens is 1. The number of nitrogens with two attached hydrogens (primary N) is 1. The first-order valence-corrected chi connectivity index (χ1v) is 8.59. The molecule has 108 valence electrons. The van der Waals surface area contributed by atoms with E-state index in [1.54, 1.807) is 22.7 Å². The van der Waals surface area contributed by atoms with Gasteiger partial charge in [-0.3, -0.25) is 9.80 Å². The molecular weight excluding hydrogens is 312 g/mol. The standard InChI is InChI=1S/C13H17ClN4S2/c14-12-2-1-10(19-12)8-17-3-5-18(6-4-17)9-11-7-16-13(15)20-11/h1-2,7H,3-6,8-9H2,(H2,15,16). The highest BCUT2D eigenvalue weighted by molar-refractivity contribution is 7.16. The first-order valence-electron chi connectivity index (χ1n) is 6.58. The van der Waals surface area contributed by atoms with E-state index in [-0.39, 0.29) is 0 Å². The predicted molar refractivity (Wildman–Crippen MR) is 86.4 cm³/mol. The maximum Gasteiger partial charge on any atom is 0.180 e. The zero-order valence-corrected chi connectivity index (χ0v) is 13.5. The number of nitrogen functional groups attached to an aromatic ring is 1. The largest absolute Gasteiger partial charge is 0.375 e. The molecule has 0 radical (unpaired) electrons. The van der Waals surface area contributed by atoms with E-state index in [2.05, 4.69) is 20.9 Å². The fourth-order valence-electron chi connectivity index (χ4n) is 2.38. The van der Waals surface area contributed by atoms with Crippen molar-refractivity contribution in [2.24, 2.45) is 0 Å². The number of thiazole rings is 1. The molecule has 0 amide bonds. The zero-order chi connectivity index (χ0) is 13.9. The minimum atomic E-state index is 0.660. The lowest BCUT2D eigenvalue weighted by atomic mass is 10.3. The van der Waals surface area contributed by atoms with E-state index in [0.29, 0.717) is 5.13 Å². The molecule has 20 heavy (non-hydrogen) atoms. The average molecular weight is 329 g/mol. The van der Waals surface area contributed by atoms with Crippen molar-refractivity contribution in [2.75, 3.05) is 31.9 Å². The van der Waals surface area contributed by atoms with Gasteiger partial charge in [-0.05, 0) is 12.1 Å². The molecule has 2 aromatic heterocycles. The molecule has 0 spiro atoms. The summed E-state index contributed by atoms with van der Waals surface area (Å²) < 4.78 is 0.876. The lowest BCUT2D eigenvalue weighted by molar-refractivity contribution is 0.123. The third kappa shape index (κ3) is 3.71. The Hall–Kier alpha value is -0.660. The number of anilines is 1. The number of rotatable bonds is 4. The predicted octanol–water partition coefficient (Wildman–Crippen LogP) is 2.76. The molecule has 0 aromatic carbocycles.